The fourth-order valence-electron chi connectivity index (χ4n) is 2.08. The minimum atomic E-state index is -0.581. The van der Waals surface area contributed by atoms with Crippen LogP contribution in [-0.4, -0.2) is 41.1 Å². The summed E-state index contributed by atoms with van der Waals surface area (Å²) in [5, 5.41) is 12.1. The molecule has 1 heterocycles. The molecule has 0 fully saturated rings. The number of carbonyl (C=O) groups is 2. The maximum Gasteiger partial charge on any atom is 0.348 e. The zero-order valence-corrected chi connectivity index (χ0v) is 16.5. The predicted molar refractivity (Wildman–Crippen MR) is 103 cm³/mol. The van der Waals surface area contributed by atoms with Crippen molar-refractivity contribution in [3.8, 4) is 0 Å². The first kappa shape index (κ1) is 23.3. The molecule has 7 nitrogen and oxygen atoms in total. The Labute approximate surface area is 154 Å². The smallest absolute Gasteiger partial charge is 0.348 e. The summed E-state index contributed by atoms with van der Waals surface area (Å²) in [4.78, 5) is 19.8. The summed E-state index contributed by atoms with van der Waals surface area (Å²) in [6, 6.07) is 6.48. The van der Waals surface area contributed by atoms with E-state index in [2.05, 4.69) is 53.5 Å². The maximum absolute atomic E-state index is 9.95. The number of hydrogen-bond donors (Lipinski definition) is 1. The molecule has 0 aliphatic heterocycles. The monoisotopic (exact) mass is 363 g/mol. The molecule has 7 heteroatoms. The molecule has 1 N–H and O–H groups in total. The molecule has 0 bridgehead atoms. The van der Waals surface area contributed by atoms with E-state index in [1.54, 1.807) is 13.8 Å². The van der Waals surface area contributed by atoms with Gasteiger partial charge < -0.3 is 14.9 Å². The van der Waals surface area contributed by atoms with E-state index in [1.807, 2.05) is 4.68 Å². The van der Waals surface area contributed by atoms with Crippen molar-refractivity contribution >= 4 is 29.1 Å². The lowest BCUT2D eigenvalue weighted by atomic mass is 10.1. The summed E-state index contributed by atoms with van der Waals surface area (Å²) in [6.07, 6.45) is 0.642. The highest BCUT2D eigenvalue weighted by Gasteiger charge is 2.04. The predicted octanol–water partition coefficient (Wildman–Crippen LogP) is 3.44. The number of hydrogen-bond acceptors (Lipinski definition) is 6. The molecule has 1 aromatic heterocycles. The van der Waals surface area contributed by atoms with Crippen molar-refractivity contribution in [2.24, 2.45) is 0 Å². The highest BCUT2D eigenvalue weighted by Crippen LogP contribution is 2.19. The molecule has 26 heavy (non-hydrogen) atoms. The molecule has 0 aliphatic carbocycles. The third-order valence-electron chi connectivity index (χ3n) is 3.14. The molecule has 2 rings (SSSR count). The van der Waals surface area contributed by atoms with Gasteiger partial charge in [-0.15, -0.1) is 0 Å². The Balaban J connectivity index is 0.000000411. The van der Waals surface area contributed by atoms with Crippen LogP contribution in [0.1, 0.15) is 39.0 Å². The average molecular weight is 363 g/mol. The van der Waals surface area contributed by atoms with Crippen LogP contribution in [0.15, 0.2) is 18.2 Å². The normalized spacial score (nSPS) is 9.31. The minimum absolute atomic E-state index is 0.211. The van der Waals surface area contributed by atoms with Crippen LogP contribution in [0, 0.1) is 19.3 Å². The van der Waals surface area contributed by atoms with Crippen LogP contribution in [0.25, 0.3) is 10.9 Å². The van der Waals surface area contributed by atoms with E-state index < -0.39 is 5.97 Å². The number of aryl methyl sites for hydroxylation is 3. The SMILES string of the molecule is CCOC(=O)C=N.CCOC(C)=O.CCn1nc(C)c2cc(C)ccc21. The number of fused-ring (bicyclic) bond motifs is 1. The van der Waals surface area contributed by atoms with Gasteiger partial charge >= 0.3 is 11.9 Å². The Bertz CT molecular complexity index is 723. The van der Waals surface area contributed by atoms with Crippen LogP contribution >= 0.6 is 0 Å². The molecule has 0 unspecified atom stereocenters. The number of esters is 2. The number of nitrogens with zero attached hydrogens (tertiary/aromatic N) is 2. The lowest BCUT2D eigenvalue weighted by Crippen LogP contribution is -2.02. The van der Waals surface area contributed by atoms with E-state index in [1.165, 1.54) is 23.4 Å². The lowest BCUT2D eigenvalue weighted by Gasteiger charge is -1.97. The zero-order chi connectivity index (χ0) is 20.1. The van der Waals surface area contributed by atoms with Crippen molar-refractivity contribution in [2.75, 3.05) is 13.2 Å². The number of rotatable bonds is 4. The van der Waals surface area contributed by atoms with Crippen molar-refractivity contribution < 1.29 is 19.1 Å². The molecule has 1 aromatic carbocycles. The van der Waals surface area contributed by atoms with E-state index >= 15 is 0 Å². The fourth-order valence-corrected chi connectivity index (χ4v) is 2.08. The van der Waals surface area contributed by atoms with Crippen molar-refractivity contribution in [2.45, 2.75) is 48.1 Å². The minimum Gasteiger partial charge on any atom is -0.466 e. The third kappa shape index (κ3) is 8.41. The van der Waals surface area contributed by atoms with Crippen molar-refractivity contribution in [3.05, 3.63) is 29.5 Å². The van der Waals surface area contributed by atoms with E-state index in [0.29, 0.717) is 19.4 Å². The van der Waals surface area contributed by atoms with Crippen molar-refractivity contribution in [1.82, 2.24) is 9.78 Å². The lowest BCUT2D eigenvalue weighted by molar-refractivity contribution is -0.140. The Kier molecular flexibility index (Phi) is 11.3. The summed E-state index contributed by atoms with van der Waals surface area (Å²) >= 11 is 0. The molecule has 0 saturated heterocycles. The van der Waals surface area contributed by atoms with E-state index in [4.69, 9.17) is 5.41 Å². The third-order valence-corrected chi connectivity index (χ3v) is 3.14. The van der Waals surface area contributed by atoms with Crippen LogP contribution in [0.3, 0.4) is 0 Å². The van der Waals surface area contributed by atoms with E-state index in [-0.39, 0.29) is 5.97 Å². The molecule has 0 aliphatic rings. The first-order valence-electron chi connectivity index (χ1n) is 8.54. The molecule has 0 radical (unpaired) electrons. The number of aromatic nitrogens is 2. The van der Waals surface area contributed by atoms with Gasteiger partial charge in [-0.1, -0.05) is 11.6 Å². The summed E-state index contributed by atoms with van der Waals surface area (Å²) in [5.74, 6) is -0.792. The van der Waals surface area contributed by atoms with E-state index in [0.717, 1.165) is 12.2 Å². The number of ether oxygens (including phenoxy) is 2. The van der Waals surface area contributed by atoms with Crippen molar-refractivity contribution in [3.63, 3.8) is 0 Å². The second-order valence-electron chi connectivity index (χ2n) is 5.24. The molecule has 0 saturated carbocycles. The van der Waals surface area contributed by atoms with Gasteiger partial charge in [0, 0.05) is 18.9 Å². The second kappa shape index (κ2) is 12.6. The van der Waals surface area contributed by atoms with Gasteiger partial charge in [0.2, 0.25) is 0 Å². The van der Waals surface area contributed by atoms with Gasteiger partial charge in [-0.2, -0.15) is 5.10 Å². The first-order valence-corrected chi connectivity index (χ1v) is 8.54. The summed E-state index contributed by atoms with van der Waals surface area (Å²) in [5.41, 5.74) is 3.66. The average Bonchev–Trinajstić information content (AvgIpc) is 2.91. The van der Waals surface area contributed by atoms with Crippen LogP contribution in [0.5, 0.6) is 0 Å². The molecule has 2 aromatic rings. The van der Waals surface area contributed by atoms with Gasteiger partial charge in [-0.3, -0.25) is 9.48 Å². The topological polar surface area (TPSA) is 94.3 Å². The molecule has 144 valence electrons. The maximum atomic E-state index is 9.95. The number of benzene rings is 1. The van der Waals surface area contributed by atoms with Gasteiger partial charge in [-0.05, 0) is 46.8 Å². The van der Waals surface area contributed by atoms with Gasteiger partial charge in [-0.25, -0.2) is 4.79 Å². The van der Waals surface area contributed by atoms with Crippen molar-refractivity contribution in [1.29, 1.82) is 5.41 Å². The van der Waals surface area contributed by atoms with E-state index in [9.17, 15) is 9.59 Å². The largest absolute Gasteiger partial charge is 0.466 e. The highest BCUT2D eigenvalue weighted by atomic mass is 16.5. The number of carbonyl (C=O) groups excluding carboxylic acids is 2. The van der Waals surface area contributed by atoms with Crippen LogP contribution in [0.4, 0.5) is 0 Å². The van der Waals surface area contributed by atoms with Gasteiger partial charge in [0.15, 0.2) is 0 Å². The highest BCUT2D eigenvalue weighted by molar-refractivity contribution is 6.21. The Hall–Kier alpha value is -2.70. The second-order valence-corrected chi connectivity index (χ2v) is 5.24. The number of nitrogens with one attached hydrogen (secondary N) is 1. The Morgan fingerprint density at radius 1 is 1.15 bits per heavy atom. The molecular weight excluding hydrogens is 334 g/mol. The zero-order valence-electron chi connectivity index (χ0n) is 16.5. The Morgan fingerprint density at radius 3 is 2.15 bits per heavy atom. The van der Waals surface area contributed by atoms with Gasteiger partial charge in [0.05, 0.1) is 24.4 Å². The molecular formula is C19H29N3O4. The van der Waals surface area contributed by atoms with Crippen LogP contribution < -0.4 is 0 Å². The summed E-state index contributed by atoms with van der Waals surface area (Å²) in [7, 11) is 0. The fraction of sp³-hybridized carbons (Fsp3) is 0.474. The van der Waals surface area contributed by atoms with Gasteiger partial charge in [0.1, 0.15) is 6.21 Å². The first-order chi connectivity index (χ1) is 12.3. The standard InChI is InChI=1S/C11H14N2.C4H7NO2.C4H8O2/c1-4-13-11-6-5-8(2)7-10(11)9(3)12-13;1-2-7-4(6)3-5;1-3-6-4(2)5/h5-7H,4H2,1-3H3;3,5H,2H2,1H3;3H2,1-2H3. The Morgan fingerprint density at radius 2 is 1.77 bits per heavy atom. The van der Waals surface area contributed by atoms with Crippen LogP contribution in [-0.2, 0) is 25.6 Å². The van der Waals surface area contributed by atoms with Crippen LogP contribution in [0.2, 0.25) is 0 Å². The summed E-state index contributed by atoms with van der Waals surface area (Å²) in [6.45, 7) is 12.9. The quantitative estimate of drug-likeness (QED) is 0.663. The van der Waals surface area contributed by atoms with Gasteiger partial charge in [0.25, 0.3) is 0 Å². The molecule has 0 atom stereocenters. The summed E-state index contributed by atoms with van der Waals surface area (Å²) < 4.78 is 10.8. The molecule has 0 spiro atoms. The molecule has 0 amide bonds.